The highest BCUT2D eigenvalue weighted by molar-refractivity contribution is 5.98. The third-order valence-corrected chi connectivity index (χ3v) is 6.00. The number of methoxy groups -OCH3 is 1. The smallest absolute Gasteiger partial charge is 0.417 e. The van der Waals surface area contributed by atoms with Crippen LogP contribution in [0.25, 0.3) is 0 Å². The van der Waals surface area contributed by atoms with Crippen molar-refractivity contribution in [2.75, 3.05) is 12.0 Å². The normalized spacial score (nSPS) is 20.8. The van der Waals surface area contributed by atoms with Crippen molar-refractivity contribution in [2.24, 2.45) is 0 Å². The van der Waals surface area contributed by atoms with Gasteiger partial charge in [0.1, 0.15) is 11.5 Å². The summed E-state index contributed by atoms with van der Waals surface area (Å²) in [6, 6.07) is 10.6. The van der Waals surface area contributed by atoms with Gasteiger partial charge in [-0.2, -0.15) is 18.4 Å². The second-order valence-electron chi connectivity index (χ2n) is 7.88. The zero-order valence-corrected chi connectivity index (χ0v) is 17.2. The number of nitrogens with zero attached hydrogens (tertiary/aromatic N) is 3. The lowest BCUT2D eigenvalue weighted by molar-refractivity contribution is -0.137. The number of rotatable bonds is 4. The van der Waals surface area contributed by atoms with E-state index in [0.29, 0.717) is 18.6 Å². The van der Waals surface area contributed by atoms with E-state index in [1.807, 2.05) is 12.1 Å². The van der Waals surface area contributed by atoms with Crippen molar-refractivity contribution in [1.82, 2.24) is 4.90 Å². The van der Waals surface area contributed by atoms with Gasteiger partial charge >= 0.3 is 12.2 Å². The molecule has 4 rings (SSSR count). The molecule has 1 saturated carbocycles. The van der Waals surface area contributed by atoms with Crippen LogP contribution in [0, 0.1) is 11.3 Å². The van der Waals surface area contributed by atoms with E-state index in [-0.39, 0.29) is 30.5 Å². The number of ether oxygens (including phenoxy) is 1. The van der Waals surface area contributed by atoms with Crippen LogP contribution >= 0.6 is 0 Å². The highest BCUT2D eigenvalue weighted by Gasteiger charge is 2.49. The third-order valence-electron chi connectivity index (χ3n) is 6.00. The molecule has 1 aliphatic heterocycles. The summed E-state index contributed by atoms with van der Waals surface area (Å²) < 4.78 is 45.6. The molecule has 166 valence electrons. The predicted molar refractivity (Wildman–Crippen MR) is 109 cm³/mol. The molecule has 0 bridgehead atoms. The molecule has 2 fully saturated rings. The van der Waals surface area contributed by atoms with Gasteiger partial charge in [0, 0.05) is 25.1 Å². The second kappa shape index (κ2) is 8.19. The van der Waals surface area contributed by atoms with E-state index in [4.69, 9.17) is 10.00 Å². The molecule has 2 aromatic rings. The van der Waals surface area contributed by atoms with Crippen LogP contribution in [0.4, 0.5) is 23.7 Å². The number of urea groups is 1. The van der Waals surface area contributed by atoms with Gasteiger partial charge in [0.15, 0.2) is 0 Å². The molecule has 32 heavy (non-hydrogen) atoms. The van der Waals surface area contributed by atoms with Crippen molar-refractivity contribution in [1.29, 1.82) is 5.26 Å². The Hall–Kier alpha value is -3.54. The van der Waals surface area contributed by atoms with Gasteiger partial charge in [-0.1, -0.05) is 12.1 Å². The number of alkyl halides is 3. The quantitative estimate of drug-likeness (QED) is 0.697. The minimum Gasteiger partial charge on any atom is -0.497 e. The number of ketones is 1. The average molecular weight is 443 g/mol. The number of Topliss-reactive ketones (excluding diaryl/α,β-unsaturated/α-hetero) is 1. The first-order valence-corrected chi connectivity index (χ1v) is 10.1. The van der Waals surface area contributed by atoms with E-state index in [2.05, 4.69) is 0 Å². The Morgan fingerprint density at radius 3 is 2.47 bits per heavy atom. The number of hydrogen-bond donors (Lipinski definition) is 0. The molecule has 2 unspecified atom stereocenters. The van der Waals surface area contributed by atoms with Crippen LogP contribution < -0.4 is 9.64 Å². The van der Waals surface area contributed by atoms with Gasteiger partial charge < -0.3 is 9.64 Å². The fraction of sp³-hybridized carbons (Fsp3) is 0.348. The molecule has 9 heteroatoms. The number of fused-ring (bicyclic) bond motifs is 1. The second-order valence-corrected chi connectivity index (χ2v) is 7.88. The Balaban J connectivity index is 1.71. The van der Waals surface area contributed by atoms with Crippen LogP contribution in [-0.2, 0) is 17.5 Å². The number of nitriles is 1. The molecule has 1 aliphatic carbocycles. The Labute approximate surface area is 182 Å². The van der Waals surface area contributed by atoms with E-state index in [0.717, 1.165) is 17.7 Å². The van der Waals surface area contributed by atoms with Crippen LogP contribution in [0.5, 0.6) is 5.75 Å². The van der Waals surface area contributed by atoms with Crippen molar-refractivity contribution in [3.05, 3.63) is 59.2 Å². The summed E-state index contributed by atoms with van der Waals surface area (Å²) in [5.41, 5.74) is -0.743. The Morgan fingerprint density at radius 1 is 1.12 bits per heavy atom. The van der Waals surface area contributed by atoms with Gasteiger partial charge in [0.25, 0.3) is 0 Å². The van der Waals surface area contributed by atoms with Crippen LogP contribution in [0.2, 0.25) is 0 Å². The summed E-state index contributed by atoms with van der Waals surface area (Å²) in [4.78, 5) is 28.4. The first-order valence-electron chi connectivity index (χ1n) is 10.1. The maximum Gasteiger partial charge on any atom is 0.417 e. The first kappa shape index (κ1) is 21.7. The van der Waals surface area contributed by atoms with Crippen molar-refractivity contribution in [3.8, 4) is 11.8 Å². The first-order chi connectivity index (χ1) is 15.2. The number of carbonyl (C=O) groups excluding carboxylic acids is 2. The predicted octanol–water partition coefficient (Wildman–Crippen LogP) is 4.52. The highest BCUT2D eigenvalue weighted by atomic mass is 19.4. The molecule has 2 aliphatic rings. The van der Waals surface area contributed by atoms with Crippen molar-refractivity contribution < 1.29 is 27.5 Å². The van der Waals surface area contributed by atoms with Gasteiger partial charge in [0.05, 0.1) is 36.4 Å². The van der Waals surface area contributed by atoms with Crippen LogP contribution in [-0.4, -0.2) is 35.9 Å². The third kappa shape index (κ3) is 3.88. The van der Waals surface area contributed by atoms with Gasteiger partial charge in [-0.25, -0.2) is 4.79 Å². The minimum absolute atomic E-state index is 0.0277. The summed E-state index contributed by atoms with van der Waals surface area (Å²) in [6.45, 7) is 0.261. The number of amides is 2. The van der Waals surface area contributed by atoms with Crippen molar-refractivity contribution in [3.63, 3.8) is 0 Å². The Bertz CT molecular complexity index is 1090. The fourth-order valence-electron chi connectivity index (χ4n) is 4.45. The maximum absolute atomic E-state index is 13.5. The Kier molecular flexibility index (Phi) is 5.55. The van der Waals surface area contributed by atoms with Crippen molar-refractivity contribution in [2.45, 2.75) is 44.1 Å². The van der Waals surface area contributed by atoms with E-state index in [1.165, 1.54) is 11.0 Å². The van der Waals surface area contributed by atoms with Gasteiger partial charge in [-0.3, -0.25) is 9.69 Å². The monoisotopic (exact) mass is 443 g/mol. The molecule has 0 aromatic heterocycles. The molecule has 2 atom stereocenters. The largest absolute Gasteiger partial charge is 0.497 e. The molecule has 1 saturated heterocycles. The van der Waals surface area contributed by atoms with Gasteiger partial charge in [0.2, 0.25) is 0 Å². The van der Waals surface area contributed by atoms with E-state index < -0.39 is 29.4 Å². The SMILES string of the molecule is COc1ccc(CN2C(=O)N(c3ccc(C#N)c(C(F)(F)F)c3)C3CC(=O)CCC32)cc1. The lowest BCUT2D eigenvalue weighted by Gasteiger charge is -2.31. The number of anilines is 1. The summed E-state index contributed by atoms with van der Waals surface area (Å²) in [5, 5.41) is 9.06. The molecule has 1 heterocycles. The zero-order valence-electron chi connectivity index (χ0n) is 17.2. The van der Waals surface area contributed by atoms with E-state index >= 15 is 0 Å². The number of halogens is 3. The van der Waals surface area contributed by atoms with E-state index in [9.17, 15) is 22.8 Å². The fourth-order valence-corrected chi connectivity index (χ4v) is 4.45. The molecular weight excluding hydrogens is 423 g/mol. The standard InChI is InChI=1S/C23H20F3N3O3/c1-32-18-7-2-14(3-8-18)13-28-20-9-6-17(30)11-21(20)29(22(28)31)16-5-4-15(12-27)19(10-16)23(24,25)26/h2-5,7-8,10,20-21H,6,9,11,13H2,1H3. The van der Waals surface area contributed by atoms with Crippen LogP contribution in [0.3, 0.4) is 0 Å². The zero-order chi connectivity index (χ0) is 23.0. The average Bonchev–Trinajstić information content (AvgIpc) is 3.03. The van der Waals surface area contributed by atoms with Gasteiger partial charge in [-0.15, -0.1) is 0 Å². The van der Waals surface area contributed by atoms with Gasteiger partial charge in [-0.05, 0) is 42.3 Å². The summed E-state index contributed by atoms with van der Waals surface area (Å²) in [5.74, 6) is 0.640. The molecule has 0 radical (unpaired) electrons. The maximum atomic E-state index is 13.5. The molecule has 6 nitrogen and oxygen atoms in total. The van der Waals surface area contributed by atoms with Crippen LogP contribution in [0.1, 0.15) is 36.0 Å². The van der Waals surface area contributed by atoms with Crippen LogP contribution in [0.15, 0.2) is 42.5 Å². The number of carbonyl (C=O) groups is 2. The lowest BCUT2D eigenvalue weighted by Crippen LogP contribution is -2.42. The summed E-state index contributed by atoms with van der Waals surface area (Å²) in [6.07, 6.45) is -3.89. The molecule has 0 N–H and O–H groups in total. The van der Waals surface area contributed by atoms with Crippen molar-refractivity contribution >= 4 is 17.5 Å². The Morgan fingerprint density at radius 2 is 1.84 bits per heavy atom. The minimum atomic E-state index is -4.74. The topological polar surface area (TPSA) is 73.6 Å². The summed E-state index contributed by atoms with van der Waals surface area (Å²) >= 11 is 0. The molecule has 2 aromatic carbocycles. The molecule has 2 amide bonds. The highest BCUT2D eigenvalue weighted by Crippen LogP contribution is 2.40. The lowest BCUT2D eigenvalue weighted by atomic mass is 9.88. The molecular formula is C23H20F3N3O3. The number of benzene rings is 2. The summed E-state index contributed by atoms with van der Waals surface area (Å²) in [7, 11) is 1.55. The molecule has 0 spiro atoms. The van der Waals surface area contributed by atoms with E-state index in [1.54, 1.807) is 30.2 Å². The number of hydrogen-bond acceptors (Lipinski definition) is 4.